The predicted molar refractivity (Wildman–Crippen MR) is 67.7 cm³/mol. The number of pyridine rings is 1. The van der Waals surface area contributed by atoms with Crippen LogP contribution in [-0.2, 0) is 0 Å². The monoisotopic (exact) mass is 260 g/mol. The van der Waals surface area contributed by atoms with Crippen LogP contribution in [0.15, 0.2) is 12.1 Å². The van der Waals surface area contributed by atoms with Crippen molar-refractivity contribution in [3.05, 3.63) is 22.8 Å². The van der Waals surface area contributed by atoms with Crippen molar-refractivity contribution in [1.29, 1.82) is 0 Å². The Hall–Kier alpha value is -0.940. The molecule has 0 aliphatic heterocycles. The Morgan fingerprint density at radius 1 is 1.62 bits per heavy atom. The van der Waals surface area contributed by atoms with Crippen molar-refractivity contribution >= 4 is 35.1 Å². The van der Waals surface area contributed by atoms with Crippen LogP contribution >= 0.6 is 23.4 Å². The first-order valence-electron chi connectivity index (χ1n) is 4.77. The van der Waals surface area contributed by atoms with Crippen LogP contribution in [-0.4, -0.2) is 34.6 Å². The molecule has 1 heterocycles. The lowest BCUT2D eigenvalue weighted by Gasteiger charge is -2.06. The normalized spacial score (nSPS) is 10.1. The predicted octanol–water partition coefficient (Wildman–Crippen LogP) is 2.60. The van der Waals surface area contributed by atoms with Gasteiger partial charge in [-0.2, -0.15) is 11.8 Å². The molecule has 0 bridgehead atoms. The molecule has 0 saturated carbocycles. The number of nitrogens with one attached hydrogen (secondary N) is 1. The van der Waals surface area contributed by atoms with Gasteiger partial charge in [-0.1, -0.05) is 11.6 Å². The molecule has 2 N–H and O–H groups in total. The fourth-order valence-electron chi connectivity index (χ4n) is 1.14. The van der Waals surface area contributed by atoms with Crippen molar-refractivity contribution in [2.75, 3.05) is 23.9 Å². The minimum Gasteiger partial charge on any atom is -0.478 e. The van der Waals surface area contributed by atoms with E-state index in [9.17, 15) is 4.79 Å². The average Bonchev–Trinajstić information content (AvgIpc) is 2.23. The number of carbonyl (C=O) groups is 1. The summed E-state index contributed by atoms with van der Waals surface area (Å²) in [5, 5.41) is 12.1. The quantitative estimate of drug-likeness (QED) is 0.608. The van der Waals surface area contributed by atoms with E-state index in [1.807, 2.05) is 6.26 Å². The summed E-state index contributed by atoms with van der Waals surface area (Å²) in [5.41, 5.74) is 0.146. The van der Waals surface area contributed by atoms with Gasteiger partial charge >= 0.3 is 5.97 Å². The second kappa shape index (κ2) is 6.60. The van der Waals surface area contributed by atoms with Crippen molar-refractivity contribution in [1.82, 2.24) is 4.98 Å². The Morgan fingerprint density at radius 2 is 2.38 bits per heavy atom. The summed E-state index contributed by atoms with van der Waals surface area (Å²) >= 11 is 7.48. The first-order valence-corrected chi connectivity index (χ1v) is 6.54. The van der Waals surface area contributed by atoms with Gasteiger partial charge in [0.2, 0.25) is 0 Å². The number of nitrogens with zero attached hydrogens (tertiary/aromatic N) is 1. The van der Waals surface area contributed by atoms with Gasteiger partial charge in [0.25, 0.3) is 0 Å². The Bertz CT molecular complexity index is 374. The lowest BCUT2D eigenvalue weighted by molar-refractivity contribution is 0.0697. The van der Waals surface area contributed by atoms with Crippen molar-refractivity contribution < 1.29 is 9.90 Å². The van der Waals surface area contributed by atoms with E-state index in [0.717, 1.165) is 18.7 Å². The van der Waals surface area contributed by atoms with Gasteiger partial charge in [0.15, 0.2) is 0 Å². The molecule has 0 radical (unpaired) electrons. The summed E-state index contributed by atoms with van der Waals surface area (Å²) in [6.45, 7) is 0.757. The molecule has 1 rings (SSSR count). The molecule has 16 heavy (non-hydrogen) atoms. The highest BCUT2D eigenvalue weighted by Gasteiger charge is 2.06. The van der Waals surface area contributed by atoms with E-state index in [0.29, 0.717) is 5.82 Å². The summed E-state index contributed by atoms with van der Waals surface area (Å²) in [5.74, 6) is 0.557. The van der Waals surface area contributed by atoms with Crippen LogP contribution in [0.3, 0.4) is 0 Å². The molecule has 1 aromatic heterocycles. The molecule has 0 aromatic carbocycles. The number of hydrogen-bond acceptors (Lipinski definition) is 4. The number of rotatable bonds is 6. The van der Waals surface area contributed by atoms with Gasteiger partial charge in [-0.25, -0.2) is 9.78 Å². The van der Waals surface area contributed by atoms with E-state index in [1.165, 1.54) is 12.1 Å². The number of hydrogen-bond donors (Lipinski definition) is 2. The first kappa shape index (κ1) is 13.1. The third-order valence-electron chi connectivity index (χ3n) is 1.87. The fourth-order valence-corrected chi connectivity index (χ4v) is 1.79. The number of aromatic nitrogens is 1. The molecule has 88 valence electrons. The van der Waals surface area contributed by atoms with Gasteiger partial charge < -0.3 is 10.4 Å². The zero-order valence-electron chi connectivity index (χ0n) is 8.86. The lowest BCUT2D eigenvalue weighted by Crippen LogP contribution is -2.06. The van der Waals surface area contributed by atoms with Crippen LogP contribution in [0.1, 0.15) is 16.8 Å². The lowest BCUT2D eigenvalue weighted by atomic mass is 10.2. The molecule has 1 aromatic rings. The van der Waals surface area contributed by atoms with Crippen molar-refractivity contribution in [3.63, 3.8) is 0 Å². The molecule has 0 amide bonds. The van der Waals surface area contributed by atoms with Crippen LogP contribution in [0.25, 0.3) is 0 Å². The Labute approximate surface area is 103 Å². The molecule has 4 nitrogen and oxygen atoms in total. The summed E-state index contributed by atoms with van der Waals surface area (Å²) in [6.07, 6.45) is 3.04. The summed E-state index contributed by atoms with van der Waals surface area (Å²) in [6, 6.07) is 2.81. The first-order chi connectivity index (χ1) is 7.63. The molecule has 0 unspecified atom stereocenters. The largest absolute Gasteiger partial charge is 0.478 e. The molecule has 0 spiro atoms. The second-order valence-electron chi connectivity index (χ2n) is 3.14. The van der Waals surface area contributed by atoms with Crippen molar-refractivity contribution in [2.24, 2.45) is 0 Å². The maximum absolute atomic E-state index is 10.8. The SMILES string of the molecule is CSCCCNc1cc(C(=O)O)cc(Cl)n1. The van der Waals surface area contributed by atoms with Crippen LogP contribution in [0.5, 0.6) is 0 Å². The van der Waals surface area contributed by atoms with Gasteiger partial charge in [-0.3, -0.25) is 0 Å². The number of aromatic carboxylic acids is 1. The minimum absolute atomic E-state index is 0.146. The summed E-state index contributed by atoms with van der Waals surface area (Å²) in [4.78, 5) is 14.8. The third-order valence-corrected chi connectivity index (χ3v) is 2.76. The number of halogens is 1. The molecular weight excluding hydrogens is 248 g/mol. The highest BCUT2D eigenvalue weighted by Crippen LogP contribution is 2.14. The molecule has 0 saturated heterocycles. The fraction of sp³-hybridized carbons (Fsp3) is 0.400. The Morgan fingerprint density at radius 3 is 3.00 bits per heavy atom. The minimum atomic E-state index is -1.00. The van der Waals surface area contributed by atoms with Crippen molar-refractivity contribution in [2.45, 2.75) is 6.42 Å². The van der Waals surface area contributed by atoms with Gasteiger partial charge in [0.05, 0.1) is 5.56 Å². The van der Waals surface area contributed by atoms with E-state index < -0.39 is 5.97 Å². The Balaban J connectivity index is 2.62. The Kier molecular flexibility index (Phi) is 5.42. The van der Waals surface area contributed by atoms with E-state index in [4.69, 9.17) is 16.7 Å². The molecule has 6 heteroatoms. The highest BCUT2D eigenvalue weighted by molar-refractivity contribution is 7.98. The van der Waals surface area contributed by atoms with Crippen LogP contribution in [0.4, 0.5) is 5.82 Å². The molecule has 0 aliphatic rings. The van der Waals surface area contributed by atoms with E-state index >= 15 is 0 Å². The number of carboxylic acid groups (broad SMARTS) is 1. The van der Waals surface area contributed by atoms with Gasteiger partial charge in [0.1, 0.15) is 11.0 Å². The summed E-state index contributed by atoms with van der Waals surface area (Å²) < 4.78 is 0. The number of thioether (sulfide) groups is 1. The summed E-state index contributed by atoms with van der Waals surface area (Å²) in [7, 11) is 0. The topological polar surface area (TPSA) is 62.2 Å². The van der Waals surface area contributed by atoms with Crippen LogP contribution < -0.4 is 5.32 Å². The van der Waals surface area contributed by atoms with Gasteiger partial charge in [-0.15, -0.1) is 0 Å². The maximum atomic E-state index is 10.8. The van der Waals surface area contributed by atoms with E-state index in [-0.39, 0.29) is 10.7 Å². The zero-order chi connectivity index (χ0) is 12.0. The molecule has 0 fully saturated rings. The number of anilines is 1. The van der Waals surface area contributed by atoms with Crippen LogP contribution in [0.2, 0.25) is 5.15 Å². The molecule has 0 aliphatic carbocycles. The second-order valence-corrected chi connectivity index (χ2v) is 4.51. The van der Waals surface area contributed by atoms with Crippen molar-refractivity contribution in [3.8, 4) is 0 Å². The zero-order valence-corrected chi connectivity index (χ0v) is 10.4. The highest BCUT2D eigenvalue weighted by atomic mass is 35.5. The standard InChI is InChI=1S/C10H13ClN2O2S/c1-16-4-2-3-12-9-6-7(10(14)15)5-8(11)13-9/h5-6H,2-4H2,1H3,(H,12,13)(H,14,15). The number of carboxylic acids is 1. The average molecular weight is 261 g/mol. The molecule has 0 atom stereocenters. The van der Waals surface area contributed by atoms with E-state index in [1.54, 1.807) is 11.8 Å². The smallest absolute Gasteiger partial charge is 0.335 e. The third kappa shape index (κ3) is 4.28. The van der Waals surface area contributed by atoms with E-state index in [2.05, 4.69) is 10.3 Å². The maximum Gasteiger partial charge on any atom is 0.335 e. The van der Waals surface area contributed by atoms with Gasteiger partial charge in [0, 0.05) is 6.54 Å². The van der Waals surface area contributed by atoms with Gasteiger partial charge in [-0.05, 0) is 30.6 Å². The molecular formula is C10H13ClN2O2S. The van der Waals surface area contributed by atoms with Crippen LogP contribution in [0, 0.1) is 0 Å².